The van der Waals surface area contributed by atoms with Crippen LogP contribution in [0, 0.1) is 16.0 Å². The molecule has 0 amide bonds. The van der Waals surface area contributed by atoms with Gasteiger partial charge in [-0.25, -0.2) is 0 Å². The van der Waals surface area contributed by atoms with Gasteiger partial charge in [0.1, 0.15) is 0 Å². The molecule has 0 fully saturated rings. The second-order valence-corrected chi connectivity index (χ2v) is 5.62. The lowest BCUT2D eigenvalue weighted by Crippen LogP contribution is -2.08. The molecule has 0 radical (unpaired) electrons. The lowest BCUT2D eigenvalue weighted by atomic mass is 9.95. The Morgan fingerprint density at radius 3 is 2.60 bits per heavy atom. The van der Waals surface area contributed by atoms with Gasteiger partial charge in [0, 0.05) is 11.6 Å². The highest BCUT2D eigenvalue weighted by atomic mass is 35.5. The Morgan fingerprint density at radius 1 is 1.15 bits per heavy atom. The second-order valence-electron chi connectivity index (χ2n) is 5.15. The zero-order valence-corrected chi connectivity index (χ0v) is 11.6. The summed E-state index contributed by atoms with van der Waals surface area (Å²) in [5, 5.41) is 11.0. The number of nitro groups is 1. The Balaban J connectivity index is 1.86. The summed E-state index contributed by atoms with van der Waals surface area (Å²) in [5.41, 5.74) is 3.38. The number of halogens is 1. The first-order chi connectivity index (χ1) is 9.66. The largest absolute Gasteiger partial charge is 0.272 e. The summed E-state index contributed by atoms with van der Waals surface area (Å²) in [6, 6.07) is 15.1. The van der Waals surface area contributed by atoms with E-state index in [1.807, 2.05) is 30.3 Å². The number of nitro benzene ring substituents is 1. The molecule has 1 aliphatic carbocycles. The van der Waals surface area contributed by atoms with Crippen LogP contribution in [0.5, 0.6) is 0 Å². The minimum Gasteiger partial charge on any atom is -0.258 e. The monoisotopic (exact) mass is 287 g/mol. The lowest BCUT2D eigenvalue weighted by molar-refractivity contribution is -0.385. The fourth-order valence-electron chi connectivity index (χ4n) is 2.95. The van der Waals surface area contributed by atoms with Crippen molar-refractivity contribution in [3.8, 4) is 0 Å². The van der Waals surface area contributed by atoms with Crippen molar-refractivity contribution in [2.75, 3.05) is 0 Å². The molecule has 4 heteroatoms. The van der Waals surface area contributed by atoms with Gasteiger partial charge in [-0.05, 0) is 29.9 Å². The van der Waals surface area contributed by atoms with E-state index in [9.17, 15) is 10.1 Å². The van der Waals surface area contributed by atoms with E-state index in [-0.39, 0.29) is 21.9 Å². The highest BCUT2D eigenvalue weighted by Gasteiger charge is 2.31. The second kappa shape index (κ2) is 5.25. The van der Waals surface area contributed by atoms with Crippen LogP contribution in [0.25, 0.3) is 0 Å². The SMILES string of the molecule is O=[N+]([O-])c1ccccc1CC1Cc2ccccc2C1Cl. The van der Waals surface area contributed by atoms with E-state index in [1.165, 1.54) is 5.56 Å². The lowest BCUT2D eigenvalue weighted by Gasteiger charge is -2.14. The molecule has 0 spiro atoms. The topological polar surface area (TPSA) is 43.1 Å². The Hall–Kier alpha value is -1.87. The third-order valence-corrected chi connectivity index (χ3v) is 4.51. The number of alkyl halides is 1. The van der Waals surface area contributed by atoms with Crippen LogP contribution < -0.4 is 0 Å². The maximum absolute atomic E-state index is 11.1. The molecule has 2 unspecified atom stereocenters. The van der Waals surface area contributed by atoms with Crippen molar-refractivity contribution >= 4 is 17.3 Å². The van der Waals surface area contributed by atoms with Crippen LogP contribution in [-0.2, 0) is 12.8 Å². The zero-order valence-electron chi connectivity index (χ0n) is 10.8. The quantitative estimate of drug-likeness (QED) is 0.480. The summed E-state index contributed by atoms with van der Waals surface area (Å²) >= 11 is 6.52. The van der Waals surface area contributed by atoms with Crippen LogP contribution in [-0.4, -0.2) is 4.92 Å². The van der Waals surface area contributed by atoms with Gasteiger partial charge in [-0.1, -0.05) is 42.5 Å². The van der Waals surface area contributed by atoms with Gasteiger partial charge in [-0.3, -0.25) is 10.1 Å². The molecule has 2 aromatic carbocycles. The summed E-state index contributed by atoms with van der Waals surface area (Å²) < 4.78 is 0. The van der Waals surface area contributed by atoms with Gasteiger partial charge in [0.05, 0.1) is 10.3 Å². The maximum Gasteiger partial charge on any atom is 0.272 e. The van der Waals surface area contributed by atoms with Crippen LogP contribution in [0.1, 0.15) is 22.1 Å². The van der Waals surface area contributed by atoms with E-state index < -0.39 is 0 Å². The molecule has 3 nitrogen and oxygen atoms in total. The third kappa shape index (κ3) is 2.29. The number of fused-ring (bicyclic) bond motifs is 1. The Bertz CT molecular complexity index is 656. The molecule has 0 saturated carbocycles. The predicted molar refractivity (Wildman–Crippen MR) is 79.0 cm³/mol. The Morgan fingerprint density at radius 2 is 1.85 bits per heavy atom. The number of rotatable bonds is 3. The summed E-state index contributed by atoms with van der Waals surface area (Å²) in [4.78, 5) is 10.7. The van der Waals surface area contributed by atoms with E-state index in [4.69, 9.17) is 11.6 Å². The van der Waals surface area contributed by atoms with Crippen LogP contribution in [0.3, 0.4) is 0 Å². The van der Waals surface area contributed by atoms with E-state index in [0.29, 0.717) is 6.42 Å². The minimum absolute atomic E-state index is 0.0639. The first kappa shape index (κ1) is 13.1. The molecular formula is C16H14ClNO2. The van der Waals surface area contributed by atoms with E-state index in [0.717, 1.165) is 17.5 Å². The molecule has 2 atom stereocenters. The summed E-state index contributed by atoms with van der Waals surface area (Å²) in [7, 11) is 0. The molecule has 0 N–H and O–H groups in total. The van der Waals surface area contributed by atoms with Crippen molar-refractivity contribution in [3.05, 3.63) is 75.3 Å². The molecule has 0 aromatic heterocycles. The highest BCUT2D eigenvalue weighted by Crippen LogP contribution is 2.42. The highest BCUT2D eigenvalue weighted by molar-refractivity contribution is 6.21. The van der Waals surface area contributed by atoms with Crippen LogP contribution in [0.2, 0.25) is 0 Å². The Labute approximate surface area is 122 Å². The number of benzene rings is 2. The summed E-state index contributed by atoms with van der Waals surface area (Å²) in [6.45, 7) is 0. The van der Waals surface area contributed by atoms with E-state index >= 15 is 0 Å². The van der Waals surface area contributed by atoms with Crippen LogP contribution in [0.15, 0.2) is 48.5 Å². The smallest absolute Gasteiger partial charge is 0.258 e. The molecule has 0 heterocycles. The standard InChI is InChI=1S/C16H14ClNO2/c17-16-13(9-11-5-1-3-7-14(11)16)10-12-6-2-4-8-15(12)18(19)20/h1-8,13,16H,9-10H2. The van der Waals surface area contributed by atoms with Crippen molar-refractivity contribution in [1.82, 2.24) is 0 Å². The average Bonchev–Trinajstić information content (AvgIpc) is 2.76. The van der Waals surface area contributed by atoms with E-state index in [1.54, 1.807) is 12.1 Å². The Kier molecular flexibility index (Phi) is 3.45. The van der Waals surface area contributed by atoms with Crippen molar-refractivity contribution in [1.29, 1.82) is 0 Å². The zero-order chi connectivity index (χ0) is 14.1. The van der Waals surface area contributed by atoms with Gasteiger partial charge >= 0.3 is 0 Å². The predicted octanol–water partition coefficient (Wildman–Crippen LogP) is 4.29. The van der Waals surface area contributed by atoms with Crippen molar-refractivity contribution in [3.63, 3.8) is 0 Å². The van der Waals surface area contributed by atoms with Gasteiger partial charge < -0.3 is 0 Å². The average molecular weight is 288 g/mol. The van der Waals surface area contributed by atoms with Gasteiger partial charge in [-0.2, -0.15) is 0 Å². The molecule has 20 heavy (non-hydrogen) atoms. The van der Waals surface area contributed by atoms with Gasteiger partial charge in [0.2, 0.25) is 0 Å². The van der Waals surface area contributed by atoms with Crippen LogP contribution in [0.4, 0.5) is 5.69 Å². The molecule has 102 valence electrons. The first-order valence-corrected chi connectivity index (χ1v) is 7.04. The molecule has 0 bridgehead atoms. The summed E-state index contributed by atoms with van der Waals surface area (Å²) in [5.74, 6) is 0.218. The van der Waals surface area contributed by atoms with Crippen molar-refractivity contribution in [2.45, 2.75) is 18.2 Å². The number of nitrogens with zero attached hydrogens (tertiary/aromatic N) is 1. The first-order valence-electron chi connectivity index (χ1n) is 6.61. The summed E-state index contributed by atoms with van der Waals surface area (Å²) in [6.07, 6.45) is 1.52. The fraction of sp³-hybridized carbons (Fsp3) is 0.250. The van der Waals surface area contributed by atoms with Gasteiger partial charge in [0.25, 0.3) is 5.69 Å². The number of hydrogen-bond donors (Lipinski definition) is 0. The molecule has 3 rings (SSSR count). The van der Waals surface area contributed by atoms with E-state index in [2.05, 4.69) is 6.07 Å². The van der Waals surface area contributed by atoms with Crippen molar-refractivity contribution < 1.29 is 4.92 Å². The fourth-order valence-corrected chi connectivity index (χ4v) is 3.34. The normalized spacial score (nSPS) is 20.6. The van der Waals surface area contributed by atoms with Crippen molar-refractivity contribution in [2.24, 2.45) is 5.92 Å². The third-order valence-electron chi connectivity index (χ3n) is 3.92. The number of para-hydroxylation sites is 1. The maximum atomic E-state index is 11.1. The van der Waals surface area contributed by atoms with Crippen LogP contribution >= 0.6 is 11.6 Å². The molecular weight excluding hydrogens is 274 g/mol. The molecule has 2 aromatic rings. The van der Waals surface area contributed by atoms with Gasteiger partial charge in [0.15, 0.2) is 0 Å². The molecule has 1 aliphatic rings. The number of hydrogen-bond acceptors (Lipinski definition) is 2. The molecule has 0 saturated heterocycles. The molecule has 0 aliphatic heterocycles. The van der Waals surface area contributed by atoms with Gasteiger partial charge in [-0.15, -0.1) is 11.6 Å². The minimum atomic E-state index is -0.319.